The zero-order valence-corrected chi connectivity index (χ0v) is 9.44. The molecule has 18 heavy (non-hydrogen) atoms. The number of imide groups is 1. The lowest BCUT2D eigenvalue weighted by Gasteiger charge is -2.07. The average molecular weight is 238 g/mol. The summed E-state index contributed by atoms with van der Waals surface area (Å²) >= 11 is 0. The summed E-state index contributed by atoms with van der Waals surface area (Å²) in [5.41, 5.74) is 8.34. The van der Waals surface area contributed by atoms with Gasteiger partial charge in [-0.1, -0.05) is 36.4 Å². The van der Waals surface area contributed by atoms with Crippen LogP contribution in [0.1, 0.15) is 20.7 Å². The highest BCUT2D eigenvalue weighted by molar-refractivity contribution is 6.26. The van der Waals surface area contributed by atoms with Gasteiger partial charge in [-0.05, 0) is 17.2 Å². The number of anilines is 1. The number of carbonyl (C=O) groups is 2. The van der Waals surface area contributed by atoms with E-state index in [0.29, 0.717) is 11.3 Å². The number of hydrogen-bond acceptors (Lipinski definition) is 3. The molecule has 0 spiro atoms. The zero-order valence-electron chi connectivity index (χ0n) is 9.44. The Kier molecular flexibility index (Phi) is 2.16. The molecule has 2 aromatic rings. The predicted molar refractivity (Wildman–Crippen MR) is 68.1 cm³/mol. The van der Waals surface area contributed by atoms with Crippen LogP contribution < -0.4 is 11.1 Å². The molecule has 2 aromatic carbocycles. The van der Waals surface area contributed by atoms with E-state index in [1.807, 2.05) is 30.3 Å². The van der Waals surface area contributed by atoms with Crippen LogP contribution in [0.2, 0.25) is 0 Å². The second kappa shape index (κ2) is 3.70. The minimum absolute atomic E-state index is 0.279. The first-order valence-corrected chi connectivity index (χ1v) is 5.52. The van der Waals surface area contributed by atoms with Gasteiger partial charge >= 0.3 is 0 Å². The van der Waals surface area contributed by atoms with E-state index in [1.54, 1.807) is 12.1 Å². The van der Waals surface area contributed by atoms with Crippen LogP contribution in [0.4, 0.5) is 5.69 Å². The largest absolute Gasteiger partial charge is 0.398 e. The fourth-order valence-electron chi connectivity index (χ4n) is 2.19. The molecule has 1 aliphatic rings. The molecule has 0 fully saturated rings. The molecule has 3 N–H and O–H groups in total. The third-order valence-corrected chi connectivity index (χ3v) is 3.00. The molecule has 0 radical (unpaired) electrons. The maximum Gasteiger partial charge on any atom is 0.261 e. The van der Waals surface area contributed by atoms with Crippen molar-refractivity contribution in [2.75, 3.05) is 5.73 Å². The number of carbonyl (C=O) groups excluding carboxylic acids is 2. The molecule has 88 valence electrons. The number of nitrogens with two attached hydrogens (primary N) is 1. The summed E-state index contributed by atoms with van der Waals surface area (Å²) in [5, 5.41) is 2.28. The van der Waals surface area contributed by atoms with Gasteiger partial charge < -0.3 is 5.73 Å². The standard InChI is InChI=1S/C14H10N2O2/c15-10-7-6-9(8-4-2-1-3-5-8)11-12(10)14(18)16-13(11)17/h1-7H,15H2,(H,16,17,18). The average Bonchev–Trinajstić information content (AvgIpc) is 2.68. The molecular formula is C14H10N2O2. The Hall–Kier alpha value is -2.62. The zero-order chi connectivity index (χ0) is 12.7. The molecule has 2 amide bonds. The summed E-state index contributed by atoms with van der Waals surface area (Å²) in [6.07, 6.45) is 0. The summed E-state index contributed by atoms with van der Waals surface area (Å²) in [4.78, 5) is 23.5. The molecule has 1 heterocycles. The Morgan fingerprint density at radius 2 is 1.50 bits per heavy atom. The first kappa shape index (κ1) is 10.5. The van der Waals surface area contributed by atoms with Gasteiger partial charge in [0.2, 0.25) is 0 Å². The highest BCUT2D eigenvalue weighted by Gasteiger charge is 2.31. The van der Waals surface area contributed by atoms with Crippen molar-refractivity contribution in [2.24, 2.45) is 0 Å². The topological polar surface area (TPSA) is 72.2 Å². The number of fused-ring (bicyclic) bond motifs is 1. The first-order valence-electron chi connectivity index (χ1n) is 5.52. The van der Waals surface area contributed by atoms with Gasteiger partial charge in [-0.2, -0.15) is 0 Å². The van der Waals surface area contributed by atoms with Crippen LogP contribution >= 0.6 is 0 Å². The molecule has 0 atom stereocenters. The van der Waals surface area contributed by atoms with Gasteiger partial charge in [0.05, 0.1) is 11.1 Å². The highest BCUT2D eigenvalue weighted by Crippen LogP contribution is 2.32. The Morgan fingerprint density at radius 3 is 2.22 bits per heavy atom. The first-order chi connectivity index (χ1) is 8.68. The van der Waals surface area contributed by atoms with Crippen molar-refractivity contribution >= 4 is 17.5 Å². The number of rotatable bonds is 1. The van der Waals surface area contributed by atoms with Gasteiger partial charge in [-0.3, -0.25) is 14.9 Å². The van der Waals surface area contributed by atoms with Crippen molar-refractivity contribution in [3.05, 3.63) is 53.6 Å². The van der Waals surface area contributed by atoms with Crippen LogP contribution in [-0.4, -0.2) is 11.8 Å². The van der Waals surface area contributed by atoms with Crippen LogP contribution in [0.5, 0.6) is 0 Å². The van der Waals surface area contributed by atoms with E-state index < -0.39 is 5.91 Å². The number of hydrogen-bond donors (Lipinski definition) is 2. The molecule has 0 aliphatic carbocycles. The molecular weight excluding hydrogens is 228 g/mol. The number of nitrogen functional groups attached to an aromatic ring is 1. The summed E-state index contributed by atoms with van der Waals surface area (Å²) in [7, 11) is 0. The fourth-order valence-corrected chi connectivity index (χ4v) is 2.19. The maximum absolute atomic E-state index is 11.8. The monoisotopic (exact) mass is 238 g/mol. The van der Waals surface area contributed by atoms with E-state index >= 15 is 0 Å². The molecule has 0 aromatic heterocycles. The van der Waals surface area contributed by atoms with Crippen molar-refractivity contribution in [3.8, 4) is 11.1 Å². The fraction of sp³-hybridized carbons (Fsp3) is 0. The lowest BCUT2D eigenvalue weighted by atomic mass is 9.95. The van der Waals surface area contributed by atoms with Gasteiger partial charge in [0.25, 0.3) is 11.8 Å². The van der Waals surface area contributed by atoms with Crippen LogP contribution in [0.25, 0.3) is 11.1 Å². The van der Waals surface area contributed by atoms with Gasteiger partial charge in [-0.15, -0.1) is 0 Å². The van der Waals surface area contributed by atoms with Crippen molar-refractivity contribution in [1.82, 2.24) is 5.32 Å². The predicted octanol–water partition coefficient (Wildman–Crippen LogP) is 1.82. The van der Waals surface area contributed by atoms with E-state index in [4.69, 9.17) is 5.73 Å². The van der Waals surface area contributed by atoms with Gasteiger partial charge in [0.1, 0.15) is 0 Å². The third kappa shape index (κ3) is 1.39. The van der Waals surface area contributed by atoms with Gasteiger partial charge in [0, 0.05) is 5.69 Å². The molecule has 4 nitrogen and oxygen atoms in total. The Bertz CT molecular complexity index is 663. The van der Waals surface area contributed by atoms with E-state index in [9.17, 15) is 9.59 Å². The van der Waals surface area contributed by atoms with Crippen LogP contribution in [0.3, 0.4) is 0 Å². The van der Waals surface area contributed by atoms with Crippen molar-refractivity contribution in [1.29, 1.82) is 0 Å². The second-order valence-corrected chi connectivity index (χ2v) is 4.10. The Morgan fingerprint density at radius 1 is 0.833 bits per heavy atom. The summed E-state index contributed by atoms with van der Waals surface area (Å²) in [6.45, 7) is 0. The smallest absolute Gasteiger partial charge is 0.261 e. The van der Waals surface area contributed by atoms with E-state index in [0.717, 1.165) is 11.1 Å². The van der Waals surface area contributed by atoms with Crippen molar-refractivity contribution in [3.63, 3.8) is 0 Å². The van der Waals surface area contributed by atoms with E-state index in [1.165, 1.54) is 0 Å². The SMILES string of the molecule is Nc1ccc(-c2ccccc2)c2c1C(=O)NC2=O. The van der Waals surface area contributed by atoms with Gasteiger partial charge in [-0.25, -0.2) is 0 Å². The van der Waals surface area contributed by atoms with E-state index in [-0.39, 0.29) is 11.5 Å². The molecule has 1 aliphatic heterocycles. The molecule has 0 bridgehead atoms. The van der Waals surface area contributed by atoms with Crippen LogP contribution in [-0.2, 0) is 0 Å². The lowest BCUT2D eigenvalue weighted by molar-refractivity contribution is 0.0880. The normalized spacial score (nSPS) is 13.3. The highest BCUT2D eigenvalue weighted by atomic mass is 16.2. The molecule has 0 saturated carbocycles. The Labute approximate surface area is 103 Å². The molecule has 0 saturated heterocycles. The number of nitrogens with one attached hydrogen (secondary N) is 1. The lowest BCUT2D eigenvalue weighted by Crippen LogP contribution is -2.20. The maximum atomic E-state index is 11.8. The van der Waals surface area contributed by atoms with E-state index in [2.05, 4.69) is 5.32 Å². The summed E-state index contributed by atoms with van der Waals surface area (Å²) < 4.78 is 0. The Balaban J connectivity index is 2.32. The number of amides is 2. The summed E-state index contributed by atoms with van der Waals surface area (Å²) in [6, 6.07) is 12.9. The third-order valence-electron chi connectivity index (χ3n) is 3.00. The number of benzene rings is 2. The summed E-state index contributed by atoms with van der Waals surface area (Å²) in [5.74, 6) is -0.813. The minimum atomic E-state index is -0.426. The van der Waals surface area contributed by atoms with Gasteiger partial charge in [0.15, 0.2) is 0 Å². The quantitative estimate of drug-likeness (QED) is 0.588. The van der Waals surface area contributed by atoms with Crippen molar-refractivity contribution in [2.45, 2.75) is 0 Å². The second-order valence-electron chi connectivity index (χ2n) is 4.10. The molecule has 4 heteroatoms. The van der Waals surface area contributed by atoms with Crippen LogP contribution in [0.15, 0.2) is 42.5 Å². The van der Waals surface area contributed by atoms with Crippen molar-refractivity contribution < 1.29 is 9.59 Å². The molecule has 0 unspecified atom stereocenters. The van der Waals surface area contributed by atoms with Crippen LogP contribution in [0, 0.1) is 0 Å². The molecule has 3 rings (SSSR count). The minimum Gasteiger partial charge on any atom is -0.398 e.